The molecule has 4 saturated heterocycles. The maximum atomic E-state index is 5.84. The van der Waals surface area contributed by atoms with Crippen LogP contribution in [-0.2, 0) is 14.2 Å². The van der Waals surface area contributed by atoms with E-state index in [9.17, 15) is 0 Å². The van der Waals surface area contributed by atoms with E-state index in [1.165, 1.54) is 19.3 Å². The van der Waals surface area contributed by atoms with Gasteiger partial charge in [-0.15, -0.1) is 0 Å². The van der Waals surface area contributed by atoms with Crippen LogP contribution in [0.3, 0.4) is 0 Å². The van der Waals surface area contributed by atoms with Crippen molar-refractivity contribution in [2.24, 2.45) is 0 Å². The Morgan fingerprint density at radius 3 is 2.93 bits per heavy atom. The summed E-state index contributed by atoms with van der Waals surface area (Å²) in [4.78, 5) is 0. The fraction of sp³-hybridized carbons (Fsp3) is 1.00. The van der Waals surface area contributed by atoms with Gasteiger partial charge in [0.15, 0.2) is 0 Å². The molecule has 5 unspecified atom stereocenters. The molecule has 5 atom stereocenters. The SMILES string of the molecule is C1C[CH2][Bi]2[CH](C1)C1OC1COCC1O[CH]12. The standard InChI is InChI=1S/C11H17O3.Bi/c1-2-3-4-5-10-11(14-10)8-12-6-9-7-13-9;/h5,7,9-11H,1-4,6,8H2;. The van der Waals surface area contributed by atoms with E-state index < -0.39 is 21.8 Å². The van der Waals surface area contributed by atoms with Crippen molar-refractivity contribution in [2.45, 2.75) is 49.1 Å². The van der Waals surface area contributed by atoms with Crippen molar-refractivity contribution in [1.29, 1.82) is 0 Å². The van der Waals surface area contributed by atoms with E-state index in [1.54, 1.807) is 4.13 Å². The Bertz CT molecular complexity index is 247. The van der Waals surface area contributed by atoms with E-state index in [0.717, 1.165) is 16.8 Å². The zero-order valence-corrected chi connectivity index (χ0v) is 12.3. The third-order valence-electron chi connectivity index (χ3n) is 4.04. The van der Waals surface area contributed by atoms with Crippen molar-refractivity contribution in [2.75, 3.05) is 13.2 Å². The number of rotatable bonds is 0. The van der Waals surface area contributed by atoms with E-state index in [2.05, 4.69) is 0 Å². The molecule has 4 heterocycles. The molecule has 0 saturated carbocycles. The van der Waals surface area contributed by atoms with Crippen molar-refractivity contribution < 1.29 is 14.2 Å². The number of epoxide rings is 2. The van der Waals surface area contributed by atoms with Crippen LogP contribution < -0.4 is 0 Å². The van der Waals surface area contributed by atoms with Crippen LogP contribution in [0.15, 0.2) is 0 Å². The minimum atomic E-state index is -1.38. The second-order valence-electron chi connectivity index (χ2n) is 5.04. The average Bonchev–Trinajstić information content (AvgIpc) is 3.14. The summed E-state index contributed by atoms with van der Waals surface area (Å²) in [5, 5.41) is 0. The van der Waals surface area contributed by atoms with Gasteiger partial charge in [-0.05, 0) is 0 Å². The molecular formula is C11H17BiO3. The number of hydrogen-bond donors (Lipinski definition) is 0. The maximum absolute atomic E-state index is 5.84. The second kappa shape index (κ2) is 3.63. The molecule has 4 aliphatic heterocycles. The zero-order chi connectivity index (χ0) is 9.83. The van der Waals surface area contributed by atoms with Gasteiger partial charge in [0.25, 0.3) is 0 Å². The average molecular weight is 406 g/mol. The molecule has 0 radical (unpaired) electrons. The zero-order valence-electron chi connectivity index (χ0n) is 8.80. The van der Waals surface area contributed by atoms with Crippen molar-refractivity contribution >= 4 is 21.8 Å². The molecular weight excluding hydrogens is 389 g/mol. The molecule has 3 nitrogen and oxygen atoms in total. The summed E-state index contributed by atoms with van der Waals surface area (Å²) in [6.45, 7) is 1.67. The summed E-state index contributed by atoms with van der Waals surface area (Å²) in [7, 11) is 0. The quantitative estimate of drug-likeness (QED) is 0.447. The van der Waals surface area contributed by atoms with Gasteiger partial charge >= 0.3 is 98.3 Å². The molecule has 4 fully saturated rings. The van der Waals surface area contributed by atoms with Crippen molar-refractivity contribution in [3.63, 3.8) is 0 Å². The molecule has 0 aliphatic carbocycles. The molecule has 0 aromatic carbocycles. The Labute approximate surface area is 98.1 Å². The summed E-state index contributed by atoms with van der Waals surface area (Å²) in [6, 6.07) is 0. The third kappa shape index (κ3) is 1.69. The molecule has 4 heteroatoms. The fourth-order valence-electron chi connectivity index (χ4n) is 3.12. The molecule has 0 amide bonds. The first-order chi connectivity index (χ1) is 7.43. The van der Waals surface area contributed by atoms with E-state index in [-0.39, 0.29) is 0 Å². The van der Waals surface area contributed by atoms with Crippen LogP contribution in [0.4, 0.5) is 0 Å². The Balaban J connectivity index is 1.57. The van der Waals surface area contributed by atoms with Gasteiger partial charge < -0.3 is 0 Å². The molecule has 0 bridgehead atoms. The first-order valence-electron chi connectivity index (χ1n) is 6.08. The first-order valence-corrected chi connectivity index (χ1v) is 12.6. The molecule has 4 aliphatic rings. The number of ether oxygens (including phenoxy) is 3. The Kier molecular flexibility index (Phi) is 2.36. The van der Waals surface area contributed by atoms with E-state index >= 15 is 0 Å². The van der Waals surface area contributed by atoms with Crippen LogP contribution >= 0.6 is 0 Å². The molecule has 0 aromatic rings. The van der Waals surface area contributed by atoms with E-state index in [0.29, 0.717) is 22.1 Å². The predicted octanol–water partition coefficient (Wildman–Crippen LogP) is 1.14. The molecule has 0 aromatic heterocycles. The summed E-state index contributed by atoms with van der Waals surface area (Å²) >= 11 is -1.38. The van der Waals surface area contributed by atoms with Gasteiger partial charge in [-0.2, -0.15) is 0 Å². The van der Waals surface area contributed by atoms with Gasteiger partial charge in [0.2, 0.25) is 0 Å². The van der Waals surface area contributed by atoms with Crippen LogP contribution in [0.1, 0.15) is 19.3 Å². The second-order valence-corrected chi connectivity index (χ2v) is 15.3. The predicted molar refractivity (Wildman–Crippen MR) is 56.3 cm³/mol. The third-order valence-corrected chi connectivity index (χ3v) is 17.0. The van der Waals surface area contributed by atoms with Gasteiger partial charge in [-0.3, -0.25) is 0 Å². The van der Waals surface area contributed by atoms with Crippen LogP contribution in [0.25, 0.3) is 0 Å². The van der Waals surface area contributed by atoms with Crippen molar-refractivity contribution in [3.05, 3.63) is 0 Å². The Morgan fingerprint density at radius 2 is 1.93 bits per heavy atom. The fourth-order valence-corrected chi connectivity index (χ4v) is 16.9. The topological polar surface area (TPSA) is 34.3 Å². The Morgan fingerprint density at radius 1 is 1.00 bits per heavy atom. The van der Waals surface area contributed by atoms with Gasteiger partial charge in [0, 0.05) is 0 Å². The van der Waals surface area contributed by atoms with Crippen LogP contribution in [0.5, 0.6) is 0 Å². The van der Waals surface area contributed by atoms with Crippen LogP contribution in [0, 0.1) is 0 Å². The van der Waals surface area contributed by atoms with Gasteiger partial charge in [0.05, 0.1) is 0 Å². The normalized spacial score (nSPS) is 54.0. The molecule has 4 rings (SSSR count). The number of hydrogen-bond acceptors (Lipinski definition) is 3. The Hall–Kier alpha value is 0.763. The summed E-state index contributed by atoms with van der Waals surface area (Å²) in [6.07, 6.45) is 5.89. The van der Waals surface area contributed by atoms with Gasteiger partial charge in [-0.25, -0.2) is 0 Å². The molecule has 0 N–H and O–H groups in total. The van der Waals surface area contributed by atoms with E-state index in [1.807, 2.05) is 0 Å². The monoisotopic (exact) mass is 406 g/mol. The van der Waals surface area contributed by atoms with Crippen molar-refractivity contribution in [3.8, 4) is 0 Å². The molecule has 84 valence electrons. The number of fused-ring (bicyclic) bond motifs is 5. The first kappa shape index (κ1) is 9.76. The van der Waals surface area contributed by atoms with Crippen molar-refractivity contribution in [1.82, 2.24) is 0 Å². The van der Waals surface area contributed by atoms with Crippen LogP contribution in [0.2, 0.25) is 7.75 Å². The summed E-state index contributed by atoms with van der Waals surface area (Å²) < 4.78 is 20.5. The summed E-state index contributed by atoms with van der Waals surface area (Å²) in [5.74, 6) is 0. The molecule has 15 heavy (non-hydrogen) atoms. The van der Waals surface area contributed by atoms with Crippen LogP contribution in [-0.4, -0.2) is 57.1 Å². The molecule has 0 spiro atoms. The van der Waals surface area contributed by atoms with E-state index in [4.69, 9.17) is 14.2 Å². The van der Waals surface area contributed by atoms with Gasteiger partial charge in [0.1, 0.15) is 0 Å². The summed E-state index contributed by atoms with van der Waals surface area (Å²) in [5.41, 5.74) is 0. The minimum absolute atomic E-state index is 0.461. The van der Waals surface area contributed by atoms with Gasteiger partial charge in [-0.1, -0.05) is 0 Å².